The second-order valence-electron chi connectivity index (χ2n) is 5.18. The summed E-state index contributed by atoms with van der Waals surface area (Å²) >= 11 is 0. The third kappa shape index (κ3) is 2.28. The molecule has 3 aromatic rings. The molecule has 3 nitrogen and oxygen atoms in total. The highest BCUT2D eigenvalue weighted by Crippen LogP contribution is 2.31. The van der Waals surface area contributed by atoms with Crippen molar-refractivity contribution >= 4 is 11.0 Å². The van der Waals surface area contributed by atoms with E-state index in [-0.39, 0.29) is 17.1 Å². The minimum absolute atomic E-state index is 0.0298. The summed E-state index contributed by atoms with van der Waals surface area (Å²) in [5, 5.41) is 4.34. The number of benzene rings is 1. The van der Waals surface area contributed by atoms with Crippen LogP contribution in [0.1, 0.15) is 29.4 Å². The predicted octanol–water partition coefficient (Wildman–Crippen LogP) is 4.04. The van der Waals surface area contributed by atoms with E-state index in [9.17, 15) is 8.78 Å². The van der Waals surface area contributed by atoms with Gasteiger partial charge in [0.1, 0.15) is 11.6 Å². The minimum atomic E-state index is -2.45. The van der Waals surface area contributed by atoms with Gasteiger partial charge in [0.05, 0.1) is 0 Å². The van der Waals surface area contributed by atoms with Crippen molar-refractivity contribution in [3.8, 4) is 11.1 Å². The molecule has 0 saturated heterocycles. The van der Waals surface area contributed by atoms with Gasteiger partial charge in [0.25, 0.3) is 0 Å². The van der Waals surface area contributed by atoms with Crippen molar-refractivity contribution in [1.82, 2.24) is 14.8 Å². The van der Waals surface area contributed by atoms with E-state index < -0.39 is 18.6 Å². The van der Waals surface area contributed by atoms with Crippen LogP contribution in [0, 0.1) is 11.6 Å². The van der Waals surface area contributed by atoms with Crippen molar-refractivity contribution in [3.05, 3.63) is 47.8 Å². The van der Waals surface area contributed by atoms with Gasteiger partial charge >= 0.3 is 0 Å². The molecule has 0 amide bonds. The van der Waals surface area contributed by atoms with Crippen LogP contribution >= 0.6 is 0 Å². The highest BCUT2D eigenvalue weighted by molar-refractivity contribution is 5.92. The smallest absolute Gasteiger partial charge is 0.181 e. The Balaban J connectivity index is 2.22. The molecule has 1 aromatic carbocycles. The molecule has 0 saturated carbocycles. The Hall–Kier alpha value is -2.30. The Morgan fingerprint density at radius 1 is 1.24 bits per heavy atom. The first-order valence-electron chi connectivity index (χ1n) is 8.02. The molecular weight excluding hydrogens is 272 g/mol. The highest BCUT2D eigenvalue weighted by Gasteiger charge is 2.16. The van der Waals surface area contributed by atoms with E-state index in [1.165, 1.54) is 24.5 Å². The quantitative estimate of drug-likeness (QED) is 0.713. The number of hydrogen-bond acceptors (Lipinski definition) is 2. The van der Waals surface area contributed by atoms with Gasteiger partial charge in [0.15, 0.2) is 5.65 Å². The minimum Gasteiger partial charge on any atom is -0.273 e. The van der Waals surface area contributed by atoms with Crippen molar-refractivity contribution in [1.29, 1.82) is 0 Å². The van der Waals surface area contributed by atoms with Gasteiger partial charge in [-0.05, 0) is 35.2 Å². The summed E-state index contributed by atoms with van der Waals surface area (Å²) in [6.45, 7) is 0.980. The van der Waals surface area contributed by atoms with E-state index in [2.05, 4.69) is 10.1 Å². The molecule has 0 aliphatic heterocycles. The third-order valence-corrected chi connectivity index (χ3v) is 3.39. The molecule has 0 spiro atoms. The number of halogens is 2. The maximum Gasteiger partial charge on any atom is 0.181 e. The van der Waals surface area contributed by atoms with Gasteiger partial charge in [-0.2, -0.15) is 5.10 Å². The summed E-state index contributed by atoms with van der Waals surface area (Å²) in [5.41, 5.74) is 1.02. The second kappa shape index (κ2) is 4.91. The zero-order chi connectivity index (χ0) is 17.6. The summed E-state index contributed by atoms with van der Waals surface area (Å²) in [4.78, 5) is 4.02. The Bertz CT molecular complexity index is 894. The normalized spacial score (nSPS) is 14.2. The standard InChI is InChI=1S/C16H15F2N3/c1-9(2)15-13(17)6-10(7-14(15)18)11-4-5-19-16-12(11)8-21(3)20-16/h4-9H,1-3H3/i3D3. The topological polar surface area (TPSA) is 30.7 Å². The van der Waals surface area contributed by atoms with Gasteiger partial charge in [0, 0.05) is 34.4 Å². The lowest BCUT2D eigenvalue weighted by atomic mass is 9.96. The van der Waals surface area contributed by atoms with E-state index in [4.69, 9.17) is 4.11 Å². The van der Waals surface area contributed by atoms with Crippen LogP contribution in [0.4, 0.5) is 8.78 Å². The Morgan fingerprint density at radius 2 is 1.95 bits per heavy atom. The van der Waals surface area contributed by atoms with Crippen LogP contribution in [0.2, 0.25) is 0 Å². The third-order valence-electron chi connectivity index (χ3n) is 3.39. The number of pyridine rings is 1. The number of aryl methyl sites for hydroxylation is 1. The first kappa shape index (κ1) is 10.4. The van der Waals surface area contributed by atoms with Crippen molar-refractivity contribution in [2.75, 3.05) is 0 Å². The fraction of sp³-hybridized carbons (Fsp3) is 0.250. The van der Waals surface area contributed by atoms with E-state index in [1.807, 2.05) is 0 Å². The zero-order valence-corrected chi connectivity index (χ0v) is 11.6. The van der Waals surface area contributed by atoms with E-state index in [0.717, 1.165) is 4.68 Å². The van der Waals surface area contributed by atoms with Crippen molar-refractivity contribution in [3.63, 3.8) is 0 Å². The van der Waals surface area contributed by atoms with Crippen LogP contribution in [-0.4, -0.2) is 14.8 Å². The SMILES string of the molecule is [2H]C([2H])([2H])n1cc2c(-c3cc(F)c(C(C)C)c(F)c3)ccnc2n1. The molecule has 0 atom stereocenters. The first-order valence-corrected chi connectivity index (χ1v) is 6.52. The Morgan fingerprint density at radius 3 is 2.57 bits per heavy atom. The monoisotopic (exact) mass is 290 g/mol. The first-order chi connectivity index (χ1) is 11.2. The second-order valence-corrected chi connectivity index (χ2v) is 5.18. The summed E-state index contributed by atoms with van der Waals surface area (Å²) < 4.78 is 51.6. The van der Waals surface area contributed by atoms with Crippen LogP contribution < -0.4 is 0 Å². The largest absolute Gasteiger partial charge is 0.273 e. The molecule has 2 heterocycles. The average molecular weight is 290 g/mol. The highest BCUT2D eigenvalue weighted by atomic mass is 19.1. The fourth-order valence-electron chi connectivity index (χ4n) is 2.47. The number of rotatable bonds is 2. The fourth-order valence-corrected chi connectivity index (χ4v) is 2.47. The number of aromatic nitrogens is 3. The molecule has 0 radical (unpaired) electrons. The molecule has 0 bridgehead atoms. The molecule has 108 valence electrons. The molecule has 0 aliphatic rings. The van der Waals surface area contributed by atoms with E-state index >= 15 is 0 Å². The van der Waals surface area contributed by atoms with Gasteiger partial charge < -0.3 is 0 Å². The maximum atomic E-state index is 14.3. The zero-order valence-electron chi connectivity index (χ0n) is 14.6. The van der Waals surface area contributed by atoms with Gasteiger partial charge in [-0.25, -0.2) is 13.8 Å². The number of nitrogens with zero attached hydrogens (tertiary/aromatic N) is 3. The van der Waals surface area contributed by atoms with Gasteiger partial charge in [0.2, 0.25) is 0 Å². The summed E-state index contributed by atoms with van der Waals surface area (Å²) in [7, 11) is 0. The van der Waals surface area contributed by atoms with E-state index in [0.29, 0.717) is 16.5 Å². The molecule has 2 aromatic heterocycles. The summed E-state index contributed by atoms with van der Waals surface area (Å²) in [6, 6.07) is 4.08. The molecule has 0 fully saturated rings. The molecule has 5 heteroatoms. The molecule has 0 N–H and O–H groups in total. The molecule has 0 unspecified atom stereocenters. The maximum absolute atomic E-state index is 14.3. The summed E-state index contributed by atoms with van der Waals surface area (Å²) in [6.07, 6.45) is 2.75. The van der Waals surface area contributed by atoms with Crippen LogP contribution in [-0.2, 0) is 6.98 Å². The molecule has 21 heavy (non-hydrogen) atoms. The molecular formula is C16H15F2N3. The Kier molecular flexibility index (Phi) is 2.44. The van der Waals surface area contributed by atoms with Crippen molar-refractivity contribution in [2.24, 2.45) is 6.98 Å². The lowest BCUT2D eigenvalue weighted by Gasteiger charge is -2.11. The van der Waals surface area contributed by atoms with Gasteiger partial charge in [-0.15, -0.1) is 0 Å². The Labute approximate surface area is 125 Å². The van der Waals surface area contributed by atoms with Crippen LogP contribution in [0.15, 0.2) is 30.6 Å². The van der Waals surface area contributed by atoms with Crippen LogP contribution in [0.3, 0.4) is 0 Å². The molecule has 3 rings (SSSR count). The molecule has 0 aliphatic carbocycles. The van der Waals surface area contributed by atoms with Crippen LogP contribution in [0.25, 0.3) is 22.2 Å². The van der Waals surface area contributed by atoms with Gasteiger partial charge in [-0.3, -0.25) is 4.68 Å². The van der Waals surface area contributed by atoms with Gasteiger partial charge in [-0.1, -0.05) is 13.8 Å². The van der Waals surface area contributed by atoms with Crippen molar-refractivity contribution in [2.45, 2.75) is 19.8 Å². The average Bonchev–Trinajstić information content (AvgIpc) is 2.89. The lowest BCUT2D eigenvalue weighted by Crippen LogP contribution is -1.99. The predicted molar refractivity (Wildman–Crippen MR) is 78.0 cm³/mol. The number of fused-ring (bicyclic) bond motifs is 1. The van der Waals surface area contributed by atoms with Crippen LogP contribution in [0.5, 0.6) is 0 Å². The number of hydrogen-bond donors (Lipinski definition) is 0. The lowest BCUT2D eigenvalue weighted by molar-refractivity contribution is 0.542. The van der Waals surface area contributed by atoms with Crippen molar-refractivity contribution < 1.29 is 12.9 Å². The summed E-state index contributed by atoms with van der Waals surface area (Å²) in [5.74, 6) is -1.55. The van der Waals surface area contributed by atoms with E-state index in [1.54, 1.807) is 19.9 Å².